The molecule has 13 heavy (non-hydrogen) atoms. The van der Waals surface area contributed by atoms with E-state index < -0.39 is 0 Å². The van der Waals surface area contributed by atoms with Gasteiger partial charge in [-0.15, -0.1) is 0 Å². The van der Waals surface area contributed by atoms with Crippen LogP contribution in [0.5, 0.6) is 0 Å². The zero-order chi connectivity index (χ0) is 9.68. The highest BCUT2D eigenvalue weighted by Crippen LogP contribution is 2.13. The molecular weight excluding hydrogens is 188 g/mol. The Balaban J connectivity index is 2.13. The first-order valence-corrected chi connectivity index (χ1v) is 5.18. The highest BCUT2D eigenvalue weighted by Gasteiger charge is 2.17. The van der Waals surface area contributed by atoms with Crippen molar-refractivity contribution in [3.63, 3.8) is 0 Å². The number of thiol groups is 1. The number of carbonyl (C=O) groups excluding carboxylic acids is 1. The summed E-state index contributed by atoms with van der Waals surface area (Å²) in [5.41, 5.74) is 0. The monoisotopic (exact) mass is 204 g/mol. The molecule has 1 saturated heterocycles. The fraction of sp³-hybridized carbons (Fsp3) is 0.889. The molecule has 0 aromatic heterocycles. The Labute approximate surface area is 84.2 Å². The molecular formula is C9H16O3S. The Morgan fingerprint density at radius 3 is 3.00 bits per heavy atom. The lowest BCUT2D eigenvalue weighted by molar-refractivity contribution is -0.148. The highest BCUT2D eigenvalue weighted by atomic mass is 32.1. The van der Waals surface area contributed by atoms with Crippen LogP contribution in [0, 0.1) is 0 Å². The second-order valence-electron chi connectivity index (χ2n) is 3.29. The second kappa shape index (κ2) is 5.50. The summed E-state index contributed by atoms with van der Waals surface area (Å²) in [6, 6.07) is 0. The fourth-order valence-electron chi connectivity index (χ4n) is 1.23. The van der Waals surface area contributed by atoms with Gasteiger partial charge in [-0.3, -0.25) is 4.79 Å². The van der Waals surface area contributed by atoms with E-state index in [0.29, 0.717) is 6.61 Å². The molecule has 1 aliphatic rings. The average molecular weight is 204 g/mol. The first kappa shape index (κ1) is 10.9. The summed E-state index contributed by atoms with van der Waals surface area (Å²) in [4.78, 5) is 11.0. The lowest BCUT2D eigenvalue weighted by atomic mass is 10.1. The van der Waals surface area contributed by atoms with E-state index in [1.54, 1.807) is 6.92 Å². The van der Waals surface area contributed by atoms with Crippen LogP contribution in [0.4, 0.5) is 0 Å². The van der Waals surface area contributed by atoms with Gasteiger partial charge in [0.05, 0.1) is 11.4 Å². The molecule has 1 fully saturated rings. The van der Waals surface area contributed by atoms with E-state index >= 15 is 0 Å². The topological polar surface area (TPSA) is 35.5 Å². The van der Waals surface area contributed by atoms with Crippen LogP contribution in [0.2, 0.25) is 0 Å². The van der Waals surface area contributed by atoms with Gasteiger partial charge >= 0.3 is 5.97 Å². The second-order valence-corrected chi connectivity index (χ2v) is 4.07. The van der Waals surface area contributed by atoms with Crippen LogP contribution < -0.4 is 0 Å². The minimum atomic E-state index is -0.344. The van der Waals surface area contributed by atoms with Crippen molar-refractivity contribution in [2.24, 2.45) is 0 Å². The molecule has 76 valence electrons. The van der Waals surface area contributed by atoms with E-state index in [1.807, 2.05) is 0 Å². The van der Waals surface area contributed by atoms with E-state index in [4.69, 9.17) is 9.47 Å². The summed E-state index contributed by atoms with van der Waals surface area (Å²) < 4.78 is 10.4. The minimum Gasteiger partial charge on any atom is -0.462 e. The summed E-state index contributed by atoms with van der Waals surface area (Å²) >= 11 is 3.98. The van der Waals surface area contributed by atoms with Gasteiger partial charge in [-0.2, -0.15) is 12.6 Å². The van der Waals surface area contributed by atoms with Crippen molar-refractivity contribution in [2.45, 2.75) is 37.5 Å². The molecule has 0 aromatic carbocycles. The van der Waals surface area contributed by atoms with E-state index in [1.165, 1.54) is 6.42 Å². The Bertz CT molecular complexity index is 164. The largest absolute Gasteiger partial charge is 0.462 e. The summed E-state index contributed by atoms with van der Waals surface area (Å²) in [6.07, 6.45) is 3.38. The van der Waals surface area contributed by atoms with Crippen molar-refractivity contribution in [3.05, 3.63) is 0 Å². The molecule has 1 rings (SSSR count). The van der Waals surface area contributed by atoms with Gasteiger partial charge in [-0.25, -0.2) is 0 Å². The maximum atomic E-state index is 11.0. The van der Waals surface area contributed by atoms with Gasteiger partial charge in [0.1, 0.15) is 6.61 Å². The third-order valence-corrected chi connectivity index (χ3v) is 2.24. The van der Waals surface area contributed by atoms with E-state index in [-0.39, 0.29) is 17.3 Å². The zero-order valence-corrected chi connectivity index (χ0v) is 8.76. The standard InChI is InChI=1S/C9H16O3S/c1-7(13)9(10)12-6-8-4-2-3-5-11-8/h7-8,13H,2-6H2,1H3. The number of carbonyl (C=O) groups is 1. The number of rotatable bonds is 3. The first-order valence-electron chi connectivity index (χ1n) is 4.66. The van der Waals surface area contributed by atoms with Crippen LogP contribution >= 0.6 is 12.6 Å². The smallest absolute Gasteiger partial charge is 0.318 e. The van der Waals surface area contributed by atoms with Crippen LogP contribution in [-0.4, -0.2) is 30.5 Å². The van der Waals surface area contributed by atoms with Crippen LogP contribution in [-0.2, 0) is 14.3 Å². The lowest BCUT2D eigenvalue weighted by Gasteiger charge is -2.22. The summed E-state index contributed by atoms with van der Waals surface area (Å²) in [5, 5.41) is -0.344. The molecule has 0 N–H and O–H groups in total. The minimum absolute atomic E-state index is 0.102. The van der Waals surface area contributed by atoms with Gasteiger partial charge in [0.2, 0.25) is 0 Å². The van der Waals surface area contributed by atoms with E-state index in [2.05, 4.69) is 12.6 Å². The molecule has 0 aromatic rings. The maximum Gasteiger partial charge on any atom is 0.318 e. The Hall–Kier alpha value is -0.220. The van der Waals surface area contributed by atoms with Crippen LogP contribution in [0.25, 0.3) is 0 Å². The van der Waals surface area contributed by atoms with Crippen molar-refractivity contribution in [1.29, 1.82) is 0 Å². The van der Waals surface area contributed by atoms with Gasteiger partial charge < -0.3 is 9.47 Å². The molecule has 2 atom stereocenters. The third kappa shape index (κ3) is 4.00. The Morgan fingerprint density at radius 2 is 2.46 bits per heavy atom. The summed E-state index contributed by atoms with van der Waals surface area (Å²) in [6.45, 7) is 2.87. The average Bonchev–Trinajstić information content (AvgIpc) is 2.15. The fourth-order valence-corrected chi connectivity index (χ4v) is 1.31. The highest BCUT2D eigenvalue weighted by molar-refractivity contribution is 7.81. The number of ether oxygens (including phenoxy) is 2. The molecule has 4 heteroatoms. The molecule has 0 aliphatic carbocycles. The van der Waals surface area contributed by atoms with Crippen LogP contribution in [0.3, 0.4) is 0 Å². The molecule has 0 saturated carbocycles. The lowest BCUT2D eigenvalue weighted by Crippen LogP contribution is -2.27. The number of hydrogen-bond donors (Lipinski definition) is 1. The Morgan fingerprint density at radius 1 is 1.69 bits per heavy atom. The Kier molecular flexibility index (Phi) is 4.59. The molecule has 1 heterocycles. The third-order valence-electron chi connectivity index (χ3n) is 2.03. The van der Waals surface area contributed by atoms with Crippen molar-refractivity contribution < 1.29 is 14.3 Å². The van der Waals surface area contributed by atoms with Gasteiger partial charge in [-0.1, -0.05) is 0 Å². The molecule has 0 radical (unpaired) electrons. The number of esters is 1. The molecule has 0 spiro atoms. The van der Waals surface area contributed by atoms with E-state index in [0.717, 1.165) is 19.4 Å². The van der Waals surface area contributed by atoms with Gasteiger partial charge in [0.15, 0.2) is 0 Å². The summed E-state index contributed by atoms with van der Waals surface area (Å²) in [7, 11) is 0. The molecule has 0 bridgehead atoms. The normalized spacial score (nSPS) is 25.2. The maximum absolute atomic E-state index is 11.0. The van der Waals surface area contributed by atoms with Gasteiger partial charge in [-0.05, 0) is 26.2 Å². The molecule has 1 aliphatic heterocycles. The number of hydrogen-bond acceptors (Lipinski definition) is 4. The van der Waals surface area contributed by atoms with Crippen LogP contribution in [0.15, 0.2) is 0 Å². The van der Waals surface area contributed by atoms with Gasteiger partial charge in [0, 0.05) is 6.61 Å². The van der Waals surface area contributed by atoms with Crippen molar-refractivity contribution >= 4 is 18.6 Å². The predicted octanol–water partition coefficient (Wildman–Crippen LogP) is 1.42. The molecule has 2 unspecified atom stereocenters. The molecule has 3 nitrogen and oxygen atoms in total. The molecule has 0 amide bonds. The van der Waals surface area contributed by atoms with Gasteiger partial charge in [0.25, 0.3) is 0 Å². The zero-order valence-electron chi connectivity index (χ0n) is 7.86. The van der Waals surface area contributed by atoms with Crippen molar-refractivity contribution in [3.8, 4) is 0 Å². The van der Waals surface area contributed by atoms with Crippen LogP contribution in [0.1, 0.15) is 26.2 Å². The SMILES string of the molecule is CC(S)C(=O)OCC1CCCCO1. The van der Waals surface area contributed by atoms with Crippen molar-refractivity contribution in [1.82, 2.24) is 0 Å². The first-order chi connectivity index (χ1) is 6.20. The quantitative estimate of drug-likeness (QED) is 0.558. The van der Waals surface area contributed by atoms with E-state index in [9.17, 15) is 4.79 Å². The predicted molar refractivity (Wildman–Crippen MR) is 53.0 cm³/mol. The summed E-state index contributed by atoms with van der Waals surface area (Å²) in [5.74, 6) is -0.266. The van der Waals surface area contributed by atoms with Crippen molar-refractivity contribution in [2.75, 3.05) is 13.2 Å².